The minimum Gasteiger partial charge on any atom is -0.0886 e. The molecule has 0 bridgehead atoms. The predicted octanol–water partition coefficient (Wildman–Crippen LogP) is 4.42. The summed E-state index contributed by atoms with van der Waals surface area (Å²) in [6.07, 6.45) is 8.23. The molecule has 0 spiro atoms. The fraction of sp³-hybridized carbons (Fsp3) is 0.818. The molecule has 0 aromatic heterocycles. The van der Waals surface area contributed by atoms with E-state index in [0.717, 1.165) is 12.3 Å². The van der Waals surface area contributed by atoms with Crippen molar-refractivity contribution in [2.24, 2.45) is 5.92 Å². The number of allylic oxidation sites excluding steroid dienone is 2. The molecule has 0 rings (SSSR count). The van der Waals surface area contributed by atoms with Gasteiger partial charge in [0.25, 0.3) is 0 Å². The molecule has 0 aliphatic heterocycles. The van der Waals surface area contributed by atoms with Gasteiger partial charge in [0.05, 0.1) is 0 Å². The second kappa shape index (κ2) is 12.4. The highest BCUT2D eigenvalue weighted by atomic mass is 13.8. The van der Waals surface area contributed by atoms with Gasteiger partial charge in [-0.05, 0) is 12.3 Å². The van der Waals surface area contributed by atoms with E-state index in [1.165, 1.54) is 12.8 Å². The molecule has 0 heteroatoms. The Morgan fingerprint density at radius 1 is 1.00 bits per heavy atom. The van der Waals surface area contributed by atoms with Gasteiger partial charge in [0.15, 0.2) is 0 Å². The molecular formula is C11H24. The van der Waals surface area contributed by atoms with Gasteiger partial charge >= 0.3 is 0 Å². The summed E-state index contributed by atoms with van der Waals surface area (Å²) in [4.78, 5) is 0. The molecule has 0 aromatic rings. The Balaban J connectivity index is 0. The second-order valence-electron chi connectivity index (χ2n) is 3.08. The Morgan fingerprint density at radius 2 is 1.45 bits per heavy atom. The van der Waals surface area contributed by atoms with E-state index in [9.17, 15) is 0 Å². The summed E-state index contributed by atoms with van der Waals surface area (Å²) < 4.78 is 0. The van der Waals surface area contributed by atoms with Crippen molar-refractivity contribution in [3.8, 4) is 0 Å². The first kappa shape index (κ1) is 13.3. The van der Waals surface area contributed by atoms with Crippen molar-refractivity contribution < 1.29 is 0 Å². The number of rotatable bonds is 3. The zero-order valence-corrected chi connectivity index (χ0v) is 8.85. The fourth-order valence-corrected chi connectivity index (χ4v) is 0.408. The molecule has 0 saturated heterocycles. The Kier molecular flexibility index (Phi) is 15.1. The van der Waals surface area contributed by atoms with Crippen molar-refractivity contribution in [1.82, 2.24) is 0 Å². The van der Waals surface area contributed by atoms with Crippen LogP contribution in [0.15, 0.2) is 12.2 Å². The van der Waals surface area contributed by atoms with Crippen LogP contribution in [-0.4, -0.2) is 0 Å². The average Bonchev–Trinajstić information content (AvgIpc) is 2.01. The molecule has 11 heavy (non-hydrogen) atoms. The molecule has 68 valence electrons. The van der Waals surface area contributed by atoms with Crippen LogP contribution in [0, 0.1) is 5.92 Å². The van der Waals surface area contributed by atoms with E-state index in [-0.39, 0.29) is 0 Å². The Labute approximate surface area is 72.7 Å². The first-order valence-electron chi connectivity index (χ1n) is 4.85. The highest BCUT2D eigenvalue weighted by Gasteiger charge is 1.78. The summed E-state index contributed by atoms with van der Waals surface area (Å²) in [6, 6.07) is 0. The molecule has 0 aliphatic carbocycles. The molecule has 0 N–H and O–H groups in total. The molecule has 0 aliphatic rings. The quantitative estimate of drug-likeness (QED) is 0.531. The minimum atomic E-state index is 0.722. The van der Waals surface area contributed by atoms with Crippen molar-refractivity contribution >= 4 is 0 Å². The van der Waals surface area contributed by atoms with E-state index in [1.54, 1.807) is 0 Å². The van der Waals surface area contributed by atoms with Gasteiger partial charge < -0.3 is 0 Å². The average molecular weight is 156 g/mol. The zero-order valence-electron chi connectivity index (χ0n) is 8.85. The van der Waals surface area contributed by atoms with Gasteiger partial charge in [0.1, 0.15) is 0 Å². The first-order chi connectivity index (χ1) is 5.18. The molecule has 0 radical (unpaired) electrons. The largest absolute Gasteiger partial charge is 0.0886 e. The Morgan fingerprint density at radius 3 is 1.55 bits per heavy atom. The maximum Gasteiger partial charge on any atom is -0.0290 e. The summed E-state index contributed by atoms with van der Waals surface area (Å²) in [5.41, 5.74) is 0. The Hall–Kier alpha value is -0.260. The summed E-state index contributed by atoms with van der Waals surface area (Å²) in [5.74, 6) is 0.722. The smallest absolute Gasteiger partial charge is 0.0290 e. The summed E-state index contributed by atoms with van der Waals surface area (Å²) >= 11 is 0. The number of hydrogen-bond donors (Lipinski definition) is 0. The third-order valence-electron chi connectivity index (χ3n) is 1.26. The highest BCUT2D eigenvalue weighted by Crippen LogP contribution is 1.93. The lowest BCUT2D eigenvalue weighted by Gasteiger charge is -1.88. The van der Waals surface area contributed by atoms with Crippen LogP contribution in [0.4, 0.5) is 0 Å². The second-order valence-corrected chi connectivity index (χ2v) is 3.08. The lowest BCUT2D eigenvalue weighted by molar-refractivity contribution is 0.826. The normalized spacial score (nSPS) is 10.0. The van der Waals surface area contributed by atoms with Crippen LogP contribution in [0.2, 0.25) is 0 Å². The van der Waals surface area contributed by atoms with Gasteiger partial charge in [-0.1, -0.05) is 59.6 Å². The molecule has 0 nitrogen and oxygen atoms in total. The lowest BCUT2D eigenvalue weighted by Crippen LogP contribution is -1.74. The maximum absolute atomic E-state index is 2.22. The fourth-order valence-electron chi connectivity index (χ4n) is 0.408. The van der Waals surface area contributed by atoms with Crippen molar-refractivity contribution in [1.29, 1.82) is 0 Å². The SMILES string of the molecule is CC/C=C\C(C)C.CCCC. The third-order valence-corrected chi connectivity index (χ3v) is 1.26. The van der Waals surface area contributed by atoms with Gasteiger partial charge in [-0.3, -0.25) is 0 Å². The van der Waals surface area contributed by atoms with Crippen molar-refractivity contribution in [2.75, 3.05) is 0 Å². The maximum atomic E-state index is 2.22. The molecule has 0 saturated carbocycles. The van der Waals surface area contributed by atoms with Gasteiger partial charge in [0.2, 0.25) is 0 Å². The molecular weight excluding hydrogens is 132 g/mol. The lowest BCUT2D eigenvalue weighted by atomic mass is 10.2. The van der Waals surface area contributed by atoms with Crippen molar-refractivity contribution in [3.05, 3.63) is 12.2 Å². The molecule has 0 fully saturated rings. The van der Waals surface area contributed by atoms with Crippen LogP contribution >= 0.6 is 0 Å². The van der Waals surface area contributed by atoms with Crippen LogP contribution in [0.3, 0.4) is 0 Å². The zero-order chi connectivity index (χ0) is 9.11. The van der Waals surface area contributed by atoms with E-state index in [4.69, 9.17) is 0 Å². The first-order valence-corrected chi connectivity index (χ1v) is 4.85. The molecule has 0 heterocycles. The minimum absolute atomic E-state index is 0.722. The standard InChI is InChI=1S/C7H14.C4H10/c1-4-5-6-7(2)3;1-3-4-2/h5-7H,4H2,1-3H3;3-4H2,1-2H3/b6-5-;. The molecule has 0 atom stereocenters. The molecule has 0 amide bonds. The van der Waals surface area contributed by atoms with Crippen LogP contribution in [0.5, 0.6) is 0 Å². The molecule has 0 unspecified atom stereocenters. The van der Waals surface area contributed by atoms with E-state index >= 15 is 0 Å². The van der Waals surface area contributed by atoms with Crippen LogP contribution in [0.1, 0.15) is 53.9 Å². The topological polar surface area (TPSA) is 0 Å². The summed E-state index contributed by atoms with van der Waals surface area (Å²) in [5, 5.41) is 0. The van der Waals surface area contributed by atoms with Gasteiger partial charge in [-0.25, -0.2) is 0 Å². The van der Waals surface area contributed by atoms with E-state index in [0.29, 0.717) is 0 Å². The monoisotopic (exact) mass is 156 g/mol. The van der Waals surface area contributed by atoms with Gasteiger partial charge in [0, 0.05) is 0 Å². The molecule has 0 aromatic carbocycles. The van der Waals surface area contributed by atoms with E-state index < -0.39 is 0 Å². The third kappa shape index (κ3) is 26.0. The predicted molar refractivity (Wildman–Crippen MR) is 54.9 cm³/mol. The van der Waals surface area contributed by atoms with Crippen LogP contribution in [0.25, 0.3) is 0 Å². The van der Waals surface area contributed by atoms with Gasteiger partial charge in [-0.15, -0.1) is 0 Å². The van der Waals surface area contributed by atoms with Gasteiger partial charge in [-0.2, -0.15) is 0 Å². The summed E-state index contributed by atoms with van der Waals surface area (Å²) in [6.45, 7) is 10.9. The Bertz CT molecular complexity index is 68.1. The van der Waals surface area contributed by atoms with E-state index in [1.807, 2.05) is 0 Å². The highest BCUT2D eigenvalue weighted by molar-refractivity contribution is 4.82. The number of unbranched alkanes of at least 4 members (excludes halogenated alkanes) is 1. The van der Waals surface area contributed by atoms with Crippen LogP contribution < -0.4 is 0 Å². The summed E-state index contributed by atoms with van der Waals surface area (Å²) in [7, 11) is 0. The van der Waals surface area contributed by atoms with Crippen molar-refractivity contribution in [2.45, 2.75) is 53.9 Å². The van der Waals surface area contributed by atoms with E-state index in [2.05, 4.69) is 46.8 Å². The van der Waals surface area contributed by atoms with Crippen LogP contribution in [-0.2, 0) is 0 Å². The van der Waals surface area contributed by atoms with Crippen molar-refractivity contribution in [3.63, 3.8) is 0 Å². The number of hydrogen-bond acceptors (Lipinski definition) is 0.